The van der Waals surface area contributed by atoms with E-state index in [1.807, 2.05) is 0 Å². The van der Waals surface area contributed by atoms with E-state index in [9.17, 15) is 0 Å². The van der Waals surface area contributed by atoms with Gasteiger partial charge in [0.1, 0.15) is 0 Å². The van der Waals surface area contributed by atoms with Crippen molar-refractivity contribution in [3.05, 3.63) is 0 Å². The third-order valence-corrected chi connectivity index (χ3v) is 5.92. The lowest BCUT2D eigenvalue weighted by molar-refractivity contribution is 0.111. The second-order valence-electron chi connectivity index (χ2n) is 5.50. The molecule has 2 rings (SSSR count). The average Bonchev–Trinajstić information content (AvgIpc) is 2.23. The molecule has 0 unspecified atom stereocenters. The van der Waals surface area contributed by atoms with Crippen molar-refractivity contribution in [3.63, 3.8) is 0 Å². The summed E-state index contributed by atoms with van der Waals surface area (Å²) in [6.45, 7) is 6.10. The Hall–Kier alpha value is 0.690. The van der Waals surface area contributed by atoms with Gasteiger partial charge in [0.25, 0.3) is 0 Å². The summed E-state index contributed by atoms with van der Waals surface area (Å²) in [6, 6.07) is 0. The van der Waals surface area contributed by atoms with Crippen LogP contribution in [0, 0.1) is 11.8 Å². The zero-order valence-corrected chi connectivity index (χ0v) is 11.6. The van der Waals surface area contributed by atoms with Gasteiger partial charge in [0.15, 0.2) is 0 Å². The summed E-state index contributed by atoms with van der Waals surface area (Å²) in [7, 11) is 0. The first kappa shape index (κ1) is 11.2. The molecule has 1 aliphatic carbocycles. The Labute approximate surface area is 102 Å². The molecule has 2 fully saturated rings. The van der Waals surface area contributed by atoms with Crippen molar-refractivity contribution in [2.24, 2.45) is 11.8 Å². The fraction of sp³-hybridized carbons (Fsp3) is 1.00. The van der Waals surface area contributed by atoms with Crippen molar-refractivity contribution in [1.82, 2.24) is 3.11 Å². The second-order valence-corrected chi connectivity index (χ2v) is 6.66. The van der Waals surface area contributed by atoms with Crippen LogP contribution in [-0.4, -0.2) is 15.2 Å². The van der Waals surface area contributed by atoms with Crippen LogP contribution < -0.4 is 0 Å². The van der Waals surface area contributed by atoms with Gasteiger partial charge in [0, 0.05) is 34.9 Å². The number of hydrogen-bond donors (Lipinski definition) is 0. The topological polar surface area (TPSA) is 3.24 Å². The predicted octanol–water partition coefficient (Wildman–Crippen LogP) is 4.02. The van der Waals surface area contributed by atoms with E-state index >= 15 is 0 Å². The lowest BCUT2D eigenvalue weighted by atomic mass is 9.73. The van der Waals surface area contributed by atoms with Crippen molar-refractivity contribution in [1.29, 1.82) is 0 Å². The van der Waals surface area contributed by atoms with E-state index in [2.05, 4.69) is 39.8 Å². The van der Waals surface area contributed by atoms with Gasteiger partial charge >= 0.3 is 0 Å². The Balaban J connectivity index is 1.99. The van der Waals surface area contributed by atoms with Crippen LogP contribution in [0.5, 0.6) is 0 Å². The molecule has 1 nitrogen and oxygen atoms in total. The van der Waals surface area contributed by atoms with Crippen molar-refractivity contribution in [3.8, 4) is 0 Å². The molecule has 0 radical (unpaired) electrons. The number of rotatable bonds is 1. The summed E-state index contributed by atoms with van der Waals surface area (Å²) < 4.78 is 2.64. The predicted molar refractivity (Wildman–Crippen MR) is 69.5 cm³/mol. The van der Waals surface area contributed by atoms with Gasteiger partial charge < -0.3 is 0 Å². The SMILES string of the molecule is CC(C)[C@@H]1CCN(I)C2(CCC2)CC1. The van der Waals surface area contributed by atoms with Crippen LogP contribution in [-0.2, 0) is 0 Å². The normalized spacial score (nSPS) is 33.0. The first-order valence-electron chi connectivity index (χ1n) is 6.07. The Bertz CT molecular complexity index is 198. The van der Waals surface area contributed by atoms with Crippen LogP contribution in [0.2, 0.25) is 0 Å². The van der Waals surface area contributed by atoms with Crippen LogP contribution in [0.4, 0.5) is 0 Å². The van der Waals surface area contributed by atoms with Crippen molar-refractivity contribution in [2.45, 2.75) is 57.9 Å². The van der Waals surface area contributed by atoms with Gasteiger partial charge in [-0.2, -0.15) is 0 Å². The maximum atomic E-state index is 2.64. The summed E-state index contributed by atoms with van der Waals surface area (Å²) in [5, 5.41) is 0. The third-order valence-electron chi connectivity index (χ3n) is 4.42. The third kappa shape index (κ3) is 1.97. The quantitative estimate of drug-likeness (QED) is 0.522. The standard InChI is InChI=1S/C12H22IN/c1-10(2)11-4-8-12(6-3-7-12)14(13)9-5-11/h10-11H,3-9H2,1-2H3/t11-/m0/s1. The highest BCUT2D eigenvalue weighted by Gasteiger charge is 2.43. The Morgan fingerprint density at radius 2 is 1.93 bits per heavy atom. The van der Waals surface area contributed by atoms with Crippen molar-refractivity contribution >= 4 is 22.9 Å². The molecule has 1 saturated carbocycles. The highest BCUT2D eigenvalue weighted by molar-refractivity contribution is 14.1. The highest BCUT2D eigenvalue weighted by atomic mass is 127. The van der Waals surface area contributed by atoms with Crippen LogP contribution in [0.1, 0.15) is 52.4 Å². The van der Waals surface area contributed by atoms with E-state index < -0.39 is 0 Å². The van der Waals surface area contributed by atoms with Gasteiger partial charge in [-0.05, 0) is 50.4 Å². The van der Waals surface area contributed by atoms with Crippen LogP contribution in [0.15, 0.2) is 0 Å². The molecule has 82 valence electrons. The molecule has 1 saturated heterocycles. The monoisotopic (exact) mass is 307 g/mol. The summed E-state index contributed by atoms with van der Waals surface area (Å²) in [6.07, 6.45) is 8.73. The fourth-order valence-corrected chi connectivity index (χ4v) is 3.98. The van der Waals surface area contributed by atoms with E-state index in [1.165, 1.54) is 45.1 Å². The molecule has 2 aliphatic rings. The molecule has 0 N–H and O–H groups in total. The molecule has 0 bridgehead atoms. The molecule has 1 atom stereocenters. The van der Waals surface area contributed by atoms with E-state index in [1.54, 1.807) is 0 Å². The molecule has 2 heteroatoms. The van der Waals surface area contributed by atoms with E-state index in [4.69, 9.17) is 0 Å². The molecule has 0 aromatic carbocycles. The zero-order valence-electron chi connectivity index (χ0n) is 9.43. The second kappa shape index (κ2) is 4.28. The molecular formula is C12H22IN. The van der Waals surface area contributed by atoms with E-state index in [-0.39, 0.29) is 0 Å². The number of halogens is 1. The molecule has 1 heterocycles. The van der Waals surface area contributed by atoms with Gasteiger partial charge in [-0.1, -0.05) is 13.8 Å². The van der Waals surface area contributed by atoms with Gasteiger partial charge in [0.2, 0.25) is 0 Å². The first-order chi connectivity index (χ1) is 6.64. The lowest BCUT2D eigenvalue weighted by Gasteiger charge is -2.46. The molecule has 0 amide bonds. The van der Waals surface area contributed by atoms with E-state index in [0.717, 1.165) is 11.8 Å². The van der Waals surface area contributed by atoms with E-state index in [0.29, 0.717) is 5.54 Å². The fourth-order valence-electron chi connectivity index (χ4n) is 2.98. The minimum atomic E-state index is 0.629. The molecule has 0 aromatic heterocycles. The molecule has 1 spiro atoms. The van der Waals surface area contributed by atoms with Gasteiger partial charge in [-0.3, -0.25) is 0 Å². The molecule has 14 heavy (non-hydrogen) atoms. The largest absolute Gasteiger partial charge is 0.241 e. The van der Waals surface area contributed by atoms with Crippen LogP contribution >= 0.6 is 22.9 Å². The Morgan fingerprint density at radius 3 is 2.43 bits per heavy atom. The maximum absolute atomic E-state index is 2.64. The molecular weight excluding hydrogens is 285 g/mol. The lowest BCUT2D eigenvalue weighted by Crippen LogP contribution is -2.48. The highest BCUT2D eigenvalue weighted by Crippen LogP contribution is 2.46. The Kier molecular flexibility index (Phi) is 3.42. The summed E-state index contributed by atoms with van der Waals surface area (Å²) >= 11 is 2.58. The number of nitrogens with zero attached hydrogens (tertiary/aromatic N) is 1. The first-order valence-corrected chi connectivity index (χ1v) is 7.04. The maximum Gasteiger partial charge on any atom is 0.0305 e. The van der Waals surface area contributed by atoms with Crippen molar-refractivity contribution < 1.29 is 0 Å². The summed E-state index contributed by atoms with van der Waals surface area (Å²) in [5.41, 5.74) is 0.629. The van der Waals surface area contributed by atoms with Gasteiger partial charge in [-0.15, -0.1) is 0 Å². The minimum Gasteiger partial charge on any atom is -0.241 e. The van der Waals surface area contributed by atoms with Crippen molar-refractivity contribution in [2.75, 3.05) is 6.54 Å². The number of hydrogen-bond acceptors (Lipinski definition) is 1. The zero-order chi connectivity index (χ0) is 10.2. The molecule has 0 aromatic rings. The van der Waals surface area contributed by atoms with Crippen LogP contribution in [0.3, 0.4) is 0 Å². The summed E-state index contributed by atoms with van der Waals surface area (Å²) in [5.74, 6) is 1.86. The van der Waals surface area contributed by atoms with Crippen LogP contribution in [0.25, 0.3) is 0 Å². The smallest absolute Gasteiger partial charge is 0.0305 e. The van der Waals surface area contributed by atoms with Gasteiger partial charge in [-0.25, -0.2) is 3.11 Å². The Morgan fingerprint density at radius 1 is 1.21 bits per heavy atom. The summed E-state index contributed by atoms with van der Waals surface area (Å²) in [4.78, 5) is 0. The average molecular weight is 307 g/mol. The van der Waals surface area contributed by atoms with Gasteiger partial charge in [0.05, 0.1) is 0 Å². The molecule has 1 aliphatic heterocycles. The minimum absolute atomic E-state index is 0.629.